The summed E-state index contributed by atoms with van der Waals surface area (Å²) >= 11 is 0. The second-order valence-corrected chi connectivity index (χ2v) is 3.20. The number of hydrogen-bond acceptors (Lipinski definition) is 3. The molecule has 0 aromatic carbocycles. The third-order valence-electron chi connectivity index (χ3n) is 1.78. The second kappa shape index (κ2) is 5.69. The van der Waals surface area contributed by atoms with Crippen LogP contribution in [0.2, 0.25) is 0 Å². The number of aryl methyl sites for hydroxylation is 1. The Hall–Kier alpha value is -2.11. The van der Waals surface area contributed by atoms with Gasteiger partial charge in [-0.25, -0.2) is 4.79 Å². The van der Waals surface area contributed by atoms with Crippen molar-refractivity contribution in [1.82, 2.24) is 15.6 Å². The highest BCUT2D eigenvalue weighted by molar-refractivity contribution is 5.79. The monoisotopic (exact) mass is 223 g/mol. The van der Waals surface area contributed by atoms with Gasteiger partial charge in [-0.2, -0.15) is 0 Å². The van der Waals surface area contributed by atoms with Crippen LogP contribution < -0.4 is 10.6 Å². The largest absolute Gasteiger partial charge is 0.480 e. The molecule has 0 spiro atoms. The first kappa shape index (κ1) is 12.0. The minimum atomic E-state index is -1.08. The number of pyridine rings is 1. The number of carbonyl (C=O) groups excluding carboxylic acids is 1. The summed E-state index contributed by atoms with van der Waals surface area (Å²) in [6.45, 7) is 1.73. The highest BCUT2D eigenvalue weighted by atomic mass is 16.4. The summed E-state index contributed by atoms with van der Waals surface area (Å²) in [5, 5.41) is 13.0. The van der Waals surface area contributed by atoms with E-state index in [1.807, 2.05) is 19.1 Å². The highest BCUT2D eigenvalue weighted by Gasteiger charge is 2.03. The molecule has 6 heteroatoms. The average Bonchev–Trinajstić information content (AvgIpc) is 2.23. The number of carboxylic acid groups (broad SMARTS) is 1. The van der Waals surface area contributed by atoms with Crippen LogP contribution >= 0.6 is 0 Å². The molecule has 0 radical (unpaired) electrons. The Balaban J connectivity index is 2.34. The van der Waals surface area contributed by atoms with Crippen molar-refractivity contribution in [2.75, 3.05) is 6.54 Å². The molecule has 0 aliphatic carbocycles. The van der Waals surface area contributed by atoms with Crippen molar-refractivity contribution in [3.05, 3.63) is 29.6 Å². The Bertz CT molecular complexity index is 393. The summed E-state index contributed by atoms with van der Waals surface area (Å²) in [5.41, 5.74) is 1.59. The lowest BCUT2D eigenvalue weighted by molar-refractivity contribution is -0.135. The van der Waals surface area contributed by atoms with E-state index in [4.69, 9.17) is 5.11 Å². The summed E-state index contributed by atoms with van der Waals surface area (Å²) in [5.74, 6) is -1.08. The van der Waals surface area contributed by atoms with Crippen LogP contribution in [0.1, 0.15) is 11.4 Å². The topological polar surface area (TPSA) is 91.3 Å². The van der Waals surface area contributed by atoms with Gasteiger partial charge in [-0.1, -0.05) is 6.07 Å². The Kier molecular flexibility index (Phi) is 4.26. The molecule has 0 bridgehead atoms. The summed E-state index contributed by atoms with van der Waals surface area (Å²) in [4.78, 5) is 25.4. The van der Waals surface area contributed by atoms with Crippen molar-refractivity contribution < 1.29 is 14.7 Å². The quantitative estimate of drug-likeness (QED) is 0.683. The van der Waals surface area contributed by atoms with Gasteiger partial charge in [-0.3, -0.25) is 9.78 Å². The number of nitrogens with one attached hydrogen (secondary N) is 2. The van der Waals surface area contributed by atoms with E-state index in [2.05, 4.69) is 15.6 Å². The predicted octanol–water partition coefficient (Wildman–Crippen LogP) is 0.274. The Morgan fingerprint density at radius 3 is 2.75 bits per heavy atom. The first-order valence-electron chi connectivity index (χ1n) is 4.74. The Morgan fingerprint density at radius 1 is 1.38 bits per heavy atom. The van der Waals surface area contributed by atoms with Gasteiger partial charge in [0.25, 0.3) is 0 Å². The highest BCUT2D eigenvalue weighted by Crippen LogP contribution is 1.96. The van der Waals surface area contributed by atoms with E-state index >= 15 is 0 Å². The van der Waals surface area contributed by atoms with Crippen molar-refractivity contribution >= 4 is 12.0 Å². The average molecular weight is 223 g/mol. The van der Waals surface area contributed by atoms with E-state index in [1.165, 1.54) is 0 Å². The van der Waals surface area contributed by atoms with Crippen LogP contribution in [0.3, 0.4) is 0 Å². The molecule has 0 aliphatic rings. The maximum absolute atomic E-state index is 11.1. The fraction of sp³-hybridized carbons (Fsp3) is 0.300. The molecule has 0 atom stereocenters. The number of amides is 2. The first-order chi connectivity index (χ1) is 7.58. The smallest absolute Gasteiger partial charge is 0.323 e. The second-order valence-electron chi connectivity index (χ2n) is 3.20. The van der Waals surface area contributed by atoms with Gasteiger partial charge >= 0.3 is 12.0 Å². The minimum absolute atomic E-state index is 0.271. The van der Waals surface area contributed by atoms with Gasteiger partial charge in [0.05, 0.1) is 12.2 Å². The number of carboxylic acids is 1. The fourth-order valence-electron chi connectivity index (χ4n) is 1.09. The Labute approximate surface area is 92.7 Å². The maximum atomic E-state index is 11.1. The molecule has 0 saturated heterocycles. The van der Waals surface area contributed by atoms with Crippen molar-refractivity contribution in [2.45, 2.75) is 13.5 Å². The van der Waals surface area contributed by atoms with Gasteiger partial charge in [-0.05, 0) is 19.1 Å². The molecule has 6 nitrogen and oxygen atoms in total. The molecule has 3 N–H and O–H groups in total. The number of urea groups is 1. The lowest BCUT2D eigenvalue weighted by Gasteiger charge is -2.05. The number of nitrogens with zero attached hydrogens (tertiary/aromatic N) is 1. The third kappa shape index (κ3) is 4.41. The molecular weight excluding hydrogens is 210 g/mol. The molecule has 0 fully saturated rings. The lowest BCUT2D eigenvalue weighted by Crippen LogP contribution is -2.38. The summed E-state index contributed by atoms with van der Waals surface area (Å²) < 4.78 is 0. The van der Waals surface area contributed by atoms with Crippen LogP contribution in [0, 0.1) is 6.92 Å². The standard InChI is InChI=1S/C10H13N3O3/c1-7-3-2-4-8(13-7)5-11-10(16)12-6-9(14)15/h2-4H,5-6H2,1H3,(H,14,15)(H2,11,12,16). The SMILES string of the molecule is Cc1cccc(CNC(=O)NCC(=O)O)n1. The van der Waals surface area contributed by atoms with Gasteiger partial charge < -0.3 is 15.7 Å². The summed E-state index contributed by atoms with van der Waals surface area (Å²) in [6, 6.07) is 4.96. The third-order valence-corrected chi connectivity index (χ3v) is 1.78. The van der Waals surface area contributed by atoms with Crippen molar-refractivity contribution in [3.63, 3.8) is 0 Å². The van der Waals surface area contributed by atoms with Gasteiger partial charge in [0.1, 0.15) is 6.54 Å². The van der Waals surface area contributed by atoms with E-state index in [1.54, 1.807) is 6.07 Å². The molecule has 2 amide bonds. The number of hydrogen-bond donors (Lipinski definition) is 3. The normalized spacial score (nSPS) is 9.56. The van der Waals surface area contributed by atoms with Crippen LogP contribution in [-0.2, 0) is 11.3 Å². The van der Waals surface area contributed by atoms with Crippen LogP contribution in [-0.4, -0.2) is 28.6 Å². The van der Waals surface area contributed by atoms with Gasteiger partial charge in [0.15, 0.2) is 0 Å². The minimum Gasteiger partial charge on any atom is -0.480 e. The lowest BCUT2D eigenvalue weighted by atomic mass is 10.3. The van der Waals surface area contributed by atoms with E-state index < -0.39 is 18.5 Å². The molecule has 0 aliphatic heterocycles. The van der Waals surface area contributed by atoms with E-state index in [0.29, 0.717) is 0 Å². The zero-order valence-electron chi connectivity index (χ0n) is 8.86. The van der Waals surface area contributed by atoms with Crippen LogP contribution in [0.4, 0.5) is 4.79 Å². The molecule has 1 heterocycles. The summed E-state index contributed by atoms with van der Waals surface area (Å²) in [6.07, 6.45) is 0. The van der Waals surface area contributed by atoms with E-state index in [-0.39, 0.29) is 6.54 Å². The molecule has 86 valence electrons. The molecular formula is C10H13N3O3. The molecule has 16 heavy (non-hydrogen) atoms. The van der Waals surface area contributed by atoms with E-state index in [9.17, 15) is 9.59 Å². The zero-order valence-corrected chi connectivity index (χ0v) is 8.86. The molecule has 0 unspecified atom stereocenters. The van der Waals surface area contributed by atoms with Crippen LogP contribution in [0.25, 0.3) is 0 Å². The molecule has 0 saturated carbocycles. The Morgan fingerprint density at radius 2 is 2.12 bits per heavy atom. The summed E-state index contributed by atoms with van der Waals surface area (Å²) in [7, 11) is 0. The van der Waals surface area contributed by atoms with Crippen molar-refractivity contribution in [1.29, 1.82) is 0 Å². The maximum Gasteiger partial charge on any atom is 0.323 e. The van der Waals surface area contributed by atoms with E-state index in [0.717, 1.165) is 11.4 Å². The predicted molar refractivity (Wildman–Crippen MR) is 56.8 cm³/mol. The number of carbonyl (C=O) groups is 2. The molecule has 1 aromatic rings. The zero-order chi connectivity index (χ0) is 12.0. The number of aliphatic carboxylic acids is 1. The number of rotatable bonds is 4. The van der Waals surface area contributed by atoms with Gasteiger partial charge in [0, 0.05) is 5.69 Å². The van der Waals surface area contributed by atoms with Gasteiger partial charge in [0.2, 0.25) is 0 Å². The first-order valence-corrected chi connectivity index (χ1v) is 4.74. The van der Waals surface area contributed by atoms with Crippen LogP contribution in [0.15, 0.2) is 18.2 Å². The van der Waals surface area contributed by atoms with Crippen LogP contribution in [0.5, 0.6) is 0 Å². The number of aromatic nitrogens is 1. The van der Waals surface area contributed by atoms with Crippen molar-refractivity contribution in [3.8, 4) is 0 Å². The molecule has 1 rings (SSSR count). The molecule has 1 aromatic heterocycles. The van der Waals surface area contributed by atoms with Gasteiger partial charge in [-0.15, -0.1) is 0 Å². The fourth-order valence-corrected chi connectivity index (χ4v) is 1.09. The van der Waals surface area contributed by atoms with Crippen molar-refractivity contribution in [2.24, 2.45) is 0 Å².